The molecule has 9 heteroatoms. The van der Waals surface area contributed by atoms with Crippen molar-refractivity contribution < 1.29 is 18.0 Å². The lowest BCUT2D eigenvalue weighted by Crippen LogP contribution is -2.52. The Hall–Kier alpha value is -2.58. The van der Waals surface area contributed by atoms with Crippen molar-refractivity contribution in [1.29, 1.82) is 0 Å². The Bertz CT molecular complexity index is 1070. The summed E-state index contributed by atoms with van der Waals surface area (Å²) in [6.45, 7) is 7.19. The Labute approximate surface area is 201 Å². The molecule has 0 aromatic heterocycles. The maximum atomic E-state index is 13.4. The Morgan fingerprint density at radius 1 is 1.09 bits per heavy atom. The molecule has 1 N–H and O–H groups in total. The van der Waals surface area contributed by atoms with Gasteiger partial charge in [-0.2, -0.15) is 0 Å². The predicted octanol–water partition coefficient (Wildman–Crippen LogP) is 3.75. The molecule has 2 aromatic rings. The van der Waals surface area contributed by atoms with Crippen molar-refractivity contribution in [2.45, 2.75) is 52.7 Å². The number of anilines is 1. The topological polar surface area (TPSA) is 86.8 Å². The molecule has 180 valence electrons. The van der Waals surface area contributed by atoms with Crippen LogP contribution in [-0.2, 0) is 26.2 Å². The van der Waals surface area contributed by atoms with Crippen molar-refractivity contribution in [2.24, 2.45) is 0 Å². The van der Waals surface area contributed by atoms with Gasteiger partial charge in [0.1, 0.15) is 12.6 Å². The van der Waals surface area contributed by atoms with Crippen LogP contribution in [0.5, 0.6) is 0 Å². The molecule has 0 unspecified atom stereocenters. The maximum absolute atomic E-state index is 13.4. The first-order chi connectivity index (χ1) is 15.4. The Morgan fingerprint density at radius 2 is 1.73 bits per heavy atom. The van der Waals surface area contributed by atoms with Gasteiger partial charge in [-0.15, -0.1) is 0 Å². The number of rotatable bonds is 10. The highest BCUT2D eigenvalue weighted by molar-refractivity contribution is 7.92. The summed E-state index contributed by atoms with van der Waals surface area (Å²) in [7, 11) is -3.77. The highest BCUT2D eigenvalue weighted by atomic mass is 35.5. The maximum Gasteiger partial charge on any atom is 0.244 e. The molecule has 0 saturated carbocycles. The van der Waals surface area contributed by atoms with Crippen molar-refractivity contribution >= 4 is 39.1 Å². The molecule has 0 aliphatic rings. The lowest BCUT2D eigenvalue weighted by atomic mass is 10.1. The number of sulfonamides is 1. The van der Waals surface area contributed by atoms with Gasteiger partial charge in [-0.3, -0.25) is 13.9 Å². The molecule has 7 nitrogen and oxygen atoms in total. The van der Waals surface area contributed by atoms with E-state index in [4.69, 9.17) is 11.6 Å². The molecule has 2 amide bonds. The Morgan fingerprint density at radius 3 is 2.27 bits per heavy atom. The highest BCUT2D eigenvalue weighted by Gasteiger charge is 2.30. The summed E-state index contributed by atoms with van der Waals surface area (Å²) < 4.78 is 26.0. The van der Waals surface area contributed by atoms with Crippen molar-refractivity contribution in [3.8, 4) is 0 Å². The fraction of sp³-hybridized carbons (Fsp3) is 0.417. The Balaban J connectivity index is 2.37. The van der Waals surface area contributed by atoms with Crippen LogP contribution in [0.25, 0.3) is 0 Å². The molecule has 0 bridgehead atoms. The molecule has 0 heterocycles. The third-order valence-electron chi connectivity index (χ3n) is 5.40. The van der Waals surface area contributed by atoms with E-state index in [1.807, 2.05) is 45.0 Å². The van der Waals surface area contributed by atoms with Crippen LogP contribution < -0.4 is 9.62 Å². The summed E-state index contributed by atoms with van der Waals surface area (Å²) in [6, 6.07) is 13.0. The number of halogens is 1. The van der Waals surface area contributed by atoms with E-state index < -0.39 is 28.5 Å². The molecule has 33 heavy (non-hydrogen) atoms. The summed E-state index contributed by atoms with van der Waals surface area (Å²) in [5.74, 6) is -0.772. The summed E-state index contributed by atoms with van der Waals surface area (Å²) in [6.07, 6.45) is 1.79. The number of hydrogen-bond donors (Lipinski definition) is 1. The van der Waals surface area contributed by atoms with Gasteiger partial charge in [0.2, 0.25) is 21.8 Å². The lowest BCUT2D eigenvalue weighted by Gasteiger charge is -2.32. The number of carbonyl (C=O) groups is 2. The molecule has 2 atom stereocenters. The Kier molecular flexibility index (Phi) is 9.31. The van der Waals surface area contributed by atoms with E-state index in [0.717, 1.165) is 28.1 Å². The van der Waals surface area contributed by atoms with Crippen LogP contribution in [-0.4, -0.2) is 50.0 Å². The fourth-order valence-electron chi connectivity index (χ4n) is 3.28. The molecule has 0 fully saturated rings. The van der Waals surface area contributed by atoms with Gasteiger partial charge in [0.05, 0.1) is 11.9 Å². The van der Waals surface area contributed by atoms with E-state index in [1.165, 1.54) is 4.90 Å². The standard InChI is InChI=1S/C24H32ClN3O4S/c1-6-18(3)26-24(30)19(4)27(15-20-9-7-8-17(2)14-20)23(29)16-28(33(5,31)32)22-12-10-21(25)11-13-22/h7-14,18-19H,6,15-16H2,1-5H3,(H,26,30)/t18-,19-/m1/s1. The van der Waals surface area contributed by atoms with Gasteiger partial charge >= 0.3 is 0 Å². The normalized spacial score (nSPS) is 13.2. The first-order valence-electron chi connectivity index (χ1n) is 10.8. The summed E-state index contributed by atoms with van der Waals surface area (Å²) in [5, 5.41) is 3.36. The van der Waals surface area contributed by atoms with Crippen LogP contribution in [0, 0.1) is 6.92 Å². The molecule has 0 radical (unpaired) electrons. The van der Waals surface area contributed by atoms with Crippen molar-refractivity contribution in [2.75, 3.05) is 17.1 Å². The fourth-order valence-corrected chi connectivity index (χ4v) is 4.25. The van der Waals surface area contributed by atoms with Crippen molar-refractivity contribution in [1.82, 2.24) is 10.2 Å². The van der Waals surface area contributed by atoms with E-state index in [2.05, 4.69) is 5.32 Å². The molecular weight excluding hydrogens is 462 g/mol. The van der Waals surface area contributed by atoms with Crippen LogP contribution in [0.1, 0.15) is 38.3 Å². The minimum atomic E-state index is -3.77. The number of amides is 2. The molecule has 2 rings (SSSR count). The molecule has 0 spiro atoms. The van der Waals surface area contributed by atoms with E-state index in [9.17, 15) is 18.0 Å². The first-order valence-corrected chi connectivity index (χ1v) is 13.0. The van der Waals surface area contributed by atoms with Crippen molar-refractivity contribution in [3.05, 3.63) is 64.7 Å². The minimum Gasteiger partial charge on any atom is -0.352 e. The van der Waals surface area contributed by atoms with Gasteiger partial charge in [0, 0.05) is 17.6 Å². The monoisotopic (exact) mass is 493 g/mol. The van der Waals surface area contributed by atoms with Gasteiger partial charge < -0.3 is 10.2 Å². The van der Waals surface area contributed by atoms with Crippen LogP contribution in [0.4, 0.5) is 5.69 Å². The number of nitrogens with zero attached hydrogens (tertiary/aromatic N) is 2. The average Bonchev–Trinajstić information content (AvgIpc) is 2.75. The smallest absolute Gasteiger partial charge is 0.244 e. The number of benzene rings is 2. The lowest BCUT2D eigenvalue weighted by molar-refractivity contribution is -0.139. The second-order valence-electron chi connectivity index (χ2n) is 8.25. The molecule has 0 aliphatic heterocycles. The molecule has 2 aromatic carbocycles. The number of hydrogen-bond acceptors (Lipinski definition) is 4. The van der Waals surface area contributed by atoms with Crippen LogP contribution in [0.3, 0.4) is 0 Å². The third-order valence-corrected chi connectivity index (χ3v) is 6.79. The SMILES string of the molecule is CC[C@@H](C)NC(=O)[C@@H](C)N(Cc1cccc(C)c1)C(=O)CN(c1ccc(Cl)cc1)S(C)(=O)=O. The molecular formula is C24H32ClN3O4S. The average molecular weight is 494 g/mol. The van der Waals surface area contributed by atoms with Crippen molar-refractivity contribution in [3.63, 3.8) is 0 Å². The number of nitrogens with one attached hydrogen (secondary N) is 1. The first kappa shape index (κ1) is 26.7. The zero-order chi connectivity index (χ0) is 24.8. The molecule has 0 aliphatic carbocycles. The second-order valence-corrected chi connectivity index (χ2v) is 10.6. The van der Waals surface area contributed by atoms with Crippen LogP contribution >= 0.6 is 11.6 Å². The number of carbonyl (C=O) groups excluding carboxylic acids is 2. The van der Waals surface area contributed by atoms with Gasteiger partial charge in [0.25, 0.3) is 0 Å². The highest BCUT2D eigenvalue weighted by Crippen LogP contribution is 2.21. The zero-order valence-electron chi connectivity index (χ0n) is 19.7. The van der Waals surface area contributed by atoms with E-state index >= 15 is 0 Å². The summed E-state index contributed by atoms with van der Waals surface area (Å²) in [5.41, 5.74) is 2.20. The molecule has 0 saturated heterocycles. The van der Waals surface area contributed by atoms with Crippen LogP contribution in [0.2, 0.25) is 5.02 Å². The minimum absolute atomic E-state index is 0.0440. The van der Waals surface area contributed by atoms with E-state index in [1.54, 1.807) is 31.2 Å². The van der Waals surface area contributed by atoms with Gasteiger partial charge in [-0.05, 0) is 57.0 Å². The zero-order valence-corrected chi connectivity index (χ0v) is 21.3. The summed E-state index contributed by atoms with van der Waals surface area (Å²) in [4.78, 5) is 27.7. The second kappa shape index (κ2) is 11.5. The largest absolute Gasteiger partial charge is 0.352 e. The van der Waals surface area contributed by atoms with Gasteiger partial charge in [0.15, 0.2) is 0 Å². The van der Waals surface area contributed by atoms with Crippen LogP contribution in [0.15, 0.2) is 48.5 Å². The van der Waals surface area contributed by atoms with Gasteiger partial charge in [-0.25, -0.2) is 8.42 Å². The summed E-state index contributed by atoms with van der Waals surface area (Å²) >= 11 is 5.93. The predicted molar refractivity (Wildman–Crippen MR) is 133 cm³/mol. The number of aryl methyl sites for hydroxylation is 1. The van der Waals surface area contributed by atoms with E-state index in [0.29, 0.717) is 10.7 Å². The van der Waals surface area contributed by atoms with E-state index in [-0.39, 0.29) is 18.5 Å². The van der Waals surface area contributed by atoms with Gasteiger partial charge in [-0.1, -0.05) is 48.4 Å². The third kappa shape index (κ3) is 7.75. The quantitative estimate of drug-likeness (QED) is 0.546.